The molecule has 3 atom stereocenters. The van der Waals surface area contributed by atoms with E-state index < -0.39 is 40.8 Å². The Morgan fingerprint density at radius 3 is 2.23 bits per heavy atom. The maximum absolute atomic E-state index is 13.9. The third-order valence-corrected chi connectivity index (χ3v) is 9.64. The summed E-state index contributed by atoms with van der Waals surface area (Å²) in [6.07, 6.45) is 0. The maximum Gasteiger partial charge on any atom is 0.338 e. The van der Waals surface area contributed by atoms with Crippen LogP contribution in [0.15, 0.2) is 62.8 Å². The van der Waals surface area contributed by atoms with Crippen molar-refractivity contribution in [2.75, 3.05) is 18.1 Å². The number of hydrogen-bond acceptors (Lipinski definition) is 9. The van der Waals surface area contributed by atoms with E-state index >= 15 is 0 Å². The van der Waals surface area contributed by atoms with Crippen LogP contribution in [0.2, 0.25) is 0 Å². The van der Waals surface area contributed by atoms with Crippen LogP contribution in [0.5, 0.6) is 0 Å². The molecule has 0 aliphatic carbocycles. The first kappa shape index (κ1) is 27.4. The molecule has 9 nitrogen and oxygen atoms in total. The van der Waals surface area contributed by atoms with Crippen LogP contribution < -0.4 is 9.77 Å². The summed E-state index contributed by atoms with van der Waals surface area (Å²) in [5.41, 5.74) is 1.43. The van der Waals surface area contributed by atoms with E-state index in [1.54, 1.807) is 26.0 Å². The van der Waals surface area contributed by atoms with Crippen molar-refractivity contribution < 1.29 is 28.7 Å². The highest BCUT2D eigenvalue weighted by Crippen LogP contribution is 2.53. The van der Waals surface area contributed by atoms with Gasteiger partial charge in [0.1, 0.15) is 11.8 Å². The number of carbonyl (C=O) groups excluding carboxylic acids is 4. The Bertz CT molecular complexity index is 1510. The summed E-state index contributed by atoms with van der Waals surface area (Å²) in [5.74, 6) is -3.20. The lowest BCUT2D eigenvalue weighted by atomic mass is 9.83. The lowest BCUT2D eigenvalue weighted by Gasteiger charge is -2.30. The van der Waals surface area contributed by atoms with E-state index in [9.17, 15) is 24.0 Å². The SMILES string of the molecule is CCOC(=O)Cn1c2c(sc1=O)[C@H](c1ccc(Br)cc1)C1C(=O)N(c3ccc(C(=O)OCC)cc3)C(=O)C1S2. The molecule has 0 radical (unpaired) electrons. The molecule has 1 saturated heterocycles. The van der Waals surface area contributed by atoms with Crippen LogP contribution in [0.25, 0.3) is 0 Å². The summed E-state index contributed by atoms with van der Waals surface area (Å²) in [4.78, 5) is 66.5. The van der Waals surface area contributed by atoms with Gasteiger partial charge in [-0.1, -0.05) is 51.2 Å². The molecule has 3 aromatic rings. The van der Waals surface area contributed by atoms with Gasteiger partial charge in [0.2, 0.25) is 11.8 Å². The lowest BCUT2D eigenvalue weighted by molar-refractivity contribution is -0.144. The minimum atomic E-state index is -0.814. The molecule has 5 rings (SSSR count). The molecule has 12 heteroatoms. The number of fused-ring (bicyclic) bond motifs is 2. The Kier molecular flexibility index (Phi) is 7.79. The normalized spacial score (nSPS) is 20.0. The van der Waals surface area contributed by atoms with E-state index in [1.165, 1.54) is 16.7 Å². The second kappa shape index (κ2) is 11.1. The zero-order chi connectivity index (χ0) is 27.8. The maximum atomic E-state index is 13.9. The van der Waals surface area contributed by atoms with Crippen LogP contribution in [0, 0.1) is 5.92 Å². The van der Waals surface area contributed by atoms with Gasteiger partial charge in [-0.25, -0.2) is 9.69 Å². The molecule has 0 N–H and O–H groups in total. The van der Waals surface area contributed by atoms with Crippen molar-refractivity contribution in [3.8, 4) is 0 Å². The number of aromatic nitrogens is 1. The van der Waals surface area contributed by atoms with Gasteiger partial charge in [0.25, 0.3) is 0 Å². The first-order valence-corrected chi connectivity index (χ1v) is 14.7. The molecular formula is C27H23BrN2O7S2. The molecule has 0 bridgehead atoms. The molecule has 2 aliphatic heterocycles. The van der Waals surface area contributed by atoms with Crippen molar-refractivity contribution in [3.63, 3.8) is 0 Å². The van der Waals surface area contributed by atoms with Gasteiger partial charge in [0, 0.05) is 15.3 Å². The van der Waals surface area contributed by atoms with Gasteiger partial charge in [0.15, 0.2) is 0 Å². The fourth-order valence-electron chi connectivity index (χ4n) is 4.84. The number of carbonyl (C=O) groups is 4. The second-order valence-corrected chi connectivity index (χ2v) is 11.8. The number of halogens is 1. The van der Waals surface area contributed by atoms with Gasteiger partial charge in [-0.2, -0.15) is 0 Å². The number of thioether (sulfide) groups is 1. The van der Waals surface area contributed by atoms with Gasteiger partial charge in [-0.15, -0.1) is 0 Å². The molecule has 2 amide bonds. The number of rotatable bonds is 7. The van der Waals surface area contributed by atoms with Gasteiger partial charge in [0.05, 0.1) is 35.4 Å². The van der Waals surface area contributed by atoms with Gasteiger partial charge in [-0.05, 0) is 55.8 Å². The highest BCUT2D eigenvalue weighted by atomic mass is 79.9. The zero-order valence-corrected chi connectivity index (χ0v) is 24.1. The van der Waals surface area contributed by atoms with E-state index in [0.717, 1.165) is 38.0 Å². The quantitative estimate of drug-likeness (QED) is 0.282. The fraction of sp³-hybridized carbons (Fsp3) is 0.296. The van der Waals surface area contributed by atoms with Gasteiger partial charge < -0.3 is 9.47 Å². The van der Waals surface area contributed by atoms with Crippen molar-refractivity contribution in [1.29, 1.82) is 0 Å². The third kappa shape index (κ3) is 4.96. The summed E-state index contributed by atoms with van der Waals surface area (Å²) in [6.45, 7) is 3.52. The lowest BCUT2D eigenvalue weighted by Crippen LogP contribution is -2.32. The van der Waals surface area contributed by atoms with E-state index in [4.69, 9.17) is 9.47 Å². The molecule has 3 heterocycles. The third-order valence-electron chi connectivity index (χ3n) is 6.51. The number of imide groups is 1. The topological polar surface area (TPSA) is 112 Å². The minimum Gasteiger partial charge on any atom is -0.465 e. The Morgan fingerprint density at radius 2 is 1.59 bits per heavy atom. The molecule has 2 unspecified atom stereocenters. The Labute approximate surface area is 240 Å². The Balaban J connectivity index is 1.57. The van der Waals surface area contributed by atoms with Crippen molar-refractivity contribution in [1.82, 2.24) is 4.57 Å². The first-order valence-electron chi connectivity index (χ1n) is 12.2. The van der Waals surface area contributed by atoms with Gasteiger partial charge >= 0.3 is 16.8 Å². The van der Waals surface area contributed by atoms with Crippen LogP contribution in [0.1, 0.15) is 40.6 Å². The average molecular weight is 632 g/mol. The second-order valence-electron chi connectivity index (χ2n) is 8.80. The summed E-state index contributed by atoms with van der Waals surface area (Å²) >= 11 is 5.54. The number of ether oxygens (including phenoxy) is 2. The number of thiazole rings is 1. The van der Waals surface area contributed by atoms with Crippen LogP contribution in [-0.4, -0.2) is 46.8 Å². The monoisotopic (exact) mass is 630 g/mol. The number of nitrogens with zero attached hydrogens (tertiary/aromatic N) is 2. The van der Waals surface area contributed by atoms with Crippen LogP contribution in [-0.2, 0) is 30.4 Å². The number of amides is 2. The molecule has 2 aromatic carbocycles. The van der Waals surface area contributed by atoms with Crippen LogP contribution in [0.4, 0.5) is 5.69 Å². The minimum absolute atomic E-state index is 0.177. The summed E-state index contributed by atoms with van der Waals surface area (Å²) in [5, 5.41) is -0.321. The number of benzene rings is 2. The number of anilines is 1. The summed E-state index contributed by atoms with van der Waals surface area (Å²) in [6, 6.07) is 13.5. The van der Waals surface area contributed by atoms with Crippen molar-refractivity contribution in [2.24, 2.45) is 5.92 Å². The summed E-state index contributed by atoms with van der Waals surface area (Å²) in [7, 11) is 0. The molecule has 2 aliphatic rings. The van der Waals surface area contributed by atoms with Crippen molar-refractivity contribution in [3.05, 3.63) is 78.7 Å². The van der Waals surface area contributed by atoms with E-state index in [2.05, 4.69) is 15.9 Å². The predicted octanol–water partition coefficient (Wildman–Crippen LogP) is 4.21. The molecule has 0 spiro atoms. The summed E-state index contributed by atoms with van der Waals surface area (Å²) < 4.78 is 12.3. The van der Waals surface area contributed by atoms with Crippen LogP contribution >= 0.6 is 39.0 Å². The zero-order valence-electron chi connectivity index (χ0n) is 20.9. The van der Waals surface area contributed by atoms with Crippen LogP contribution in [0.3, 0.4) is 0 Å². The molecule has 1 fully saturated rings. The number of hydrogen-bond donors (Lipinski definition) is 0. The van der Waals surface area contributed by atoms with Gasteiger partial charge in [-0.3, -0.25) is 23.7 Å². The molecular weight excluding hydrogens is 608 g/mol. The number of esters is 2. The highest BCUT2D eigenvalue weighted by molar-refractivity contribution is 9.10. The van der Waals surface area contributed by atoms with E-state index in [-0.39, 0.29) is 24.6 Å². The molecule has 0 saturated carbocycles. The molecule has 202 valence electrons. The Morgan fingerprint density at radius 1 is 0.923 bits per heavy atom. The smallest absolute Gasteiger partial charge is 0.338 e. The standard InChI is InChI=1S/C27H23BrN2O7S2/c1-3-36-18(31)13-29-25-22(39-27(29)35)19(14-5-9-16(28)10-6-14)20-21(38-25)24(33)30(23(20)32)17-11-7-15(8-12-17)26(34)37-4-2/h5-12,19-21H,3-4,13H2,1-2H3/t19-,20?,21?/m1/s1. The predicted molar refractivity (Wildman–Crippen MR) is 149 cm³/mol. The fourth-order valence-corrected chi connectivity index (χ4v) is 7.87. The Hall–Kier alpha value is -3.22. The van der Waals surface area contributed by atoms with Crippen molar-refractivity contribution in [2.45, 2.75) is 36.6 Å². The average Bonchev–Trinajstić information content (AvgIpc) is 3.36. The van der Waals surface area contributed by atoms with E-state index in [0.29, 0.717) is 21.2 Å². The highest BCUT2D eigenvalue weighted by Gasteiger charge is 2.56. The molecule has 1 aromatic heterocycles. The largest absolute Gasteiger partial charge is 0.465 e. The molecule has 39 heavy (non-hydrogen) atoms. The van der Waals surface area contributed by atoms with Crippen molar-refractivity contribution >= 4 is 68.5 Å². The van der Waals surface area contributed by atoms with E-state index in [1.807, 2.05) is 24.3 Å². The first-order chi connectivity index (χ1) is 18.7.